The maximum absolute atomic E-state index is 13.4. The Bertz CT molecular complexity index is 456. The van der Waals surface area contributed by atoms with E-state index in [1.807, 2.05) is 0 Å². The molecule has 1 aliphatic carbocycles. The lowest BCUT2D eigenvalue weighted by atomic mass is 9.87. The average Bonchev–Trinajstić information content (AvgIpc) is 2.37. The Morgan fingerprint density at radius 2 is 2.28 bits per heavy atom. The van der Waals surface area contributed by atoms with Gasteiger partial charge in [-0.2, -0.15) is 5.26 Å². The number of nitrogens with one attached hydrogen (secondary N) is 1. The fourth-order valence-electron chi connectivity index (χ4n) is 2.43. The number of nitriles is 1. The summed E-state index contributed by atoms with van der Waals surface area (Å²) in [5.41, 5.74) is 0.750. The maximum Gasteiger partial charge on any atom is 0.143 e. The van der Waals surface area contributed by atoms with Crippen LogP contribution in [0, 0.1) is 23.1 Å². The van der Waals surface area contributed by atoms with Crippen LogP contribution in [0.3, 0.4) is 0 Å². The highest BCUT2D eigenvalue weighted by Crippen LogP contribution is 2.24. The third-order valence-electron chi connectivity index (χ3n) is 3.44. The van der Waals surface area contributed by atoms with Crippen LogP contribution >= 0.6 is 0 Å². The van der Waals surface area contributed by atoms with Crippen molar-refractivity contribution < 1.29 is 9.50 Å². The molecule has 0 aromatic heterocycles. The van der Waals surface area contributed by atoms with E-state index in [4.69, 9.17) is 5.26 Å². The summed E-state index contributed by atoms with van der Waals surface area (Å²) in [6, 6.07) is 6.33. The maximum atomic E-state index is 13.4. The molecule has 18 heavy (non-hydrogen) atoms. The van der Waals surface area contributed by atoms with Gasteiger partial charge in [0.05, 0.1) is 11.7 Å². The highest BCUT2D eigenvalue weighted by molar-refractivity contribution is 5.48. The van der Waals surface area contributed by atoms with Crippen molar-refractivity contribution in [2.75, 3.05) is 11.9 Å². The summed E-state index contributed by atoms with van der Waals surface area (Å²) in [7, 11) is 0. The van der Waals surface area contributed by atoms with Gasteiger partial charge in [0.25, 0.3) is 0 Å². The lowest BCUT2D eigenvalue weighted by Crippen LogP contribution is -2.25. The standard InChI is InChI=1S/C14H17FN2O/c15-14-7-12(5-4-11(14)8-16)17-9-10-2-1-3-13(18)6-10/h4-5,7,10,13,17-18H,1-3,6,9H2. The number of rotatable bonds is 3. The third-order valence-corrected chi connectivity index (χ3v) is 3.44. The number of anilines is 1. The molecular weight excluding hydrogens is 231 g/mol. The molecule has 2 N–H and O–H groups in total. The van der Waals surface area contributed by atoms with Crippen LogP contribution in [-0.2, 0) is 0 Å². The van der Waals surface area contributed by atoms with Crippen LogP contribution in [0.5, 0.6) is 0 Å². The van der Waals surface area contributed by atoms with Crippen LogP contribution in [0.2, 0.25) is 0 Å². The van der Waals surface area contributed by atoms with Crippen molar-refractivity contribution in [3.63, 3.8) is 0 Å². The van der Waals surface area contributed by atoms with Crippen molar-refractivity contribution in [1.29, 1.82) is 5.26 Å². The molecule has 1 aromatic rings. The van der Waals surface area contributed by atoms with E-state index >= 15 is 0 Å². The summed E-state index contributed by atoms with van der Waals surface area (Å²) >= 11 is 0. The fraction of sp³-hybridized carbons (Fsp3) is 0.500. The summed E-state index contributed by atoms with van der Waals surface area (Å²) in [6.07, 6.45) is 3.66. The molecule has 1 fully saturated rings. The Kier molecular flexibility index (Phi) is 4.16. The first-order valence-corrected chi connectivity index (χ1v) is 6.30. The molecule has 1 aliphatic rings. The Morgan fingerprint density at radius 1 is 1.44 bits per heavy atom. The molecule has 3 nitrogen and oxygen atoms in total. The van der Waals surface area contributed by atoms with Crippen molar-refractivity contribution in [3.8, 4) is 6.07 Å². The number of hydrogen-bond donors (Lipinski definition) is 2. The lowest BCUT2D eigenvalue weighted by molar-refractivity contribution is 0.105. The van der Waals surface area contributed by atoms with Crippen LogP contribution < -0.4 is 5.32 Å². The van der Waals surface area contributed by atoms with E-state index in [0.717, 1.165) is 32.2 Å². The van der Waals surface area contributed by atoms with Crippen LogP contribution in [0.15, 0.2) is 18.2 Å². The smallest absolute Gasteiger partial charge is 0.143 e. The SMILES string of the molecule is N#Cc1ccc(NCC2CCCC(O)C2)cc1F. The number of hydrogen-bond acceptors (Lipinski definition) is 3. The lowest BCUT2D eigenvalue weighted by Gasteiger charge is -2.26. The largest absolute Gasteiger partial charge is 0.393 e. The topological polar surface area (TPSA) is 56.0 Å². The minimum absolute atomic E-state index is 0.0636. The highest BCUT2D eigenvalue weighted by atomic mass is 19.1. The van der Waals surface area contributed by atoms with Crippen molar-refractivity contribution in [2.45, 2.75) is 31.8 Å². The Morgan fingerprint density at radius 3 is 2.94 bits per heavy atom. The zero-order valence-corrected chi connectivity index (χ0v) is 10.2. The molecule has 2 rings (SSSR count). The van der Waals surface area contributed by atoms with Gasteiger partial charge in [0.2, 0.25) is 0 Å². The zero-order chi connectivity index (χ0) is 13.0. The van der Waals surface area contributed by atoms with E-state index in [2.05, 4.69) is 5.32 Å². The predicted octanol–water partition coefficient (Wildman–Crippen LogP) is 2.66. The van der Waals surface area contributed by atoms with Crippen LogP contribution in [0.1, 0.15) is 31.2 Å². The van der Waals surface area contributed by atoms with Crippen molar-refractivity contribution in [1.82, 2.24) is 0 Å². The second-order valence-electron chi connectivity index (χ2n) is 4.87. The quantitative estimate of drug-likeness (QED) is 0.864. The van der Waals surface area contributed by atoms with E-state index in [1.165, 1.54) is 12.1 Å². The molecular formula is C14H17FN2O. The van der Waals surface area contributed by atoms with Gasteiger partial charge in [0, 0.05) is 12.2 Å². The van der Waals surface area contributed by atoms with Gasteiger partial charge in [-0.15, -0.1) is 0 Å². The summed E-state index contributed by atoms with van der Waals surface area (Å²) < 4.78 is 13.4. The molecule has 0 spiro atoms. The van der Waals surface area contributed by atoms with Gasteiger partial charge >= 0.3 is 0 Å². The van der Waals surface area contributed by atoms with Crippen molar-refractivity contribution >= 4 is 5.69 Å². The summed E-state index contributed by atoms with van der Waals surface area (Å²) in [5.74, 6) is -0.0568. The van der Waals surface area contributed by atoms with Gasteiger partial charge in [-0.1, -0.05) is 6.42 Å². The molecule has 2 atom stereocenters. The van der Waals surface area contributed by atoms with Crippen LogP contribution in [-0.4, -0.2) is 17.8 Å². The molecule has 0 bridgehead atoms. The molecule has 0 radical (unpaired) electrons. The first-order chi connectivity index (χ1) is 8.69. The highest BCUT2D eigenvalue weighted by Gasteiger charge is 2.19. The van der Waals surface area contributed by atoms with E-state index in [0.29, 0.717) is 11.6 Å². The number of benzene rings is 1. The van der Waals surface area contributed by atoms with Gasteiger partial charge < -0.3 is 10.4 Å². The summed E-state index contributed by atoms with van der Waals surface area (Å²) in [6.45, 7) is 0.738. The van der Waals surface area contributed by atoms with E-state index in [1.54, 1.807) is 12.1 Å². The number of halogens is 1. The molecule has 0 aliphatic heterocycles. The molecule has 1 aromatic carbocycles. The van der Waals surface area contributed by atoms with E-state index in [9.17, 15) is 9.50 Å². The summed E-state index contributed by atoms with van der Waals surface area (Å²) in [5, 5.41) is 21.4. The monoisotopic (exact) mass is 248 g/mol. The minimum atomic E-state index is -0.494. The molecule has 0 saturated heterocycles. The molecule has 0 amide bonds. The minimum Gasteiger partial charge on any atom is -0.393 e. The molecule has 2 unspecified atom stereocenters. The number of aliphatic hydroxyl groups excluding tert-OH is 1. The van der Waals surface area contributed by atoms with Crippen LogP contribution in [0.4, 0.5) is 10.1 Å². The summed E-state index contributed by atoms with van der Waals surface area (Å²) in [4.78, 5) is 0. The zero-order valence-electron chi connectivity index (χ0n) is 10.2. The Balaban J connectivity index is 1.90. The number of aliphatic hydroxyl groups is 1. The second kappa shape index (κ2) is 5.83. The van der Waals surface area contributed by atoms with Gasteiger partial charge in [0.1, 0.15) is 11.9 Å². The first-order valence-electron chi connectivity index (χ1n) is 6.30. The number of nitrogens with zero attached hydrogens (tertiary/aromatic N) is 1. The molecule has 4 heteroatoms. The van der Waals surface area contributed by atoms with Gasteiger partial charge in [-0.3, -0.25) is 0 Å². The van der Waals surface area contributed by atoms with Crippen molar-refractivity contribution in [2.24, 2.45) is 5.92 Å². The first kappa shape index (κ1) is 12.8. The molecule has 1 saturated carbocycles. The van der Waals surface area contributed by atoms with Crippen LogP contribution in [0.25, 0.3) is 0 Å². The fourth-order valence-corrected chi connectivity index (χ4v) is 2.43. The second-order valence-corrected chi connectivity index (χ2v) is 4.87. The van der Waals surface area contributed by atoms with Gasteiger partial charge in [-0.05, 0) is 43.4 Å². The third kappa shape index (κ3) is 3.21. The van der Waals surface area contributed by atoms with Gasteiger partial charge in [0.15, 0.2) is 0 Å². The van der Waals surface area contributed by atoms with E-state index < -0.39 is 5.82 Å². The Labute approximate surface area is 106 Å². The van der Waals surface area contributed by atoms with E-state index in [-0.39, 0.29) is 11.7 Å². The molecule has 0 heterocycles. The van der Waals surface area contributed by atoms with Crippen molar-refractivity contribution in [3.05, 3.63) is 29.6 Å². The van der Waals surface area contributed by atoms with Gasteiger partial charge in [-0.25, -0.2) is 4.39 Å². The predicted molar refractivity (Wildman–Crippen MR) is 67.6 cm³/mol. The normalized spacial score (nSPS) is 23.4. The Hall–Kier alpha value is -1.60. The molecule has 96 valence electrons. The average molecular weight is 248 g/mol.